The van der Waals surface area contributed by atoms with E-state index in [4.69, 9.17) is 5.73 Å². The summed E-state index contributed by atoms with van der Waals surface area (Å²) in [5, 5.41) is 7.29. The van der Waals surface area contributed by atoms with Crippen molar-refractivity contribution in [2.24, 2.45) is 0 Å². The summed E-state index contributed by atoms with van der Waals surface area (Å²) in [6.45, 7) is 9.06. The maximum absolute atomic E-state index is 12.0. The first-order valence-corrected chi connectivity index (χ1v) is 7.33. The summed E-state index contributed by atoms with van der Waals surface area (Å²) in [7, 11) is 0. The number of hydrogen-bond donors (Lipinski definition) is 2. The first-order chi connectivity index (χ1) is 9.52. The molecule has 0 aliphatic carbocycles. The Hall–Kier alpha value is -1.56. The van der Waals surface area contributed by atoms with Crippen LogP contribution in [0.5, 0.6) is 0 Å². The van der Waals surface area contributed by atoms with E-state index in [0.29, 0.717) is 11.7 Å². The Kier molecular flexibility index (Phi) is 4.65. The lowest BCUT2D eigenvalue weighted by atomic mass is 10.2. The molecule has 1 aliphatic rings. The van der Waals surface area contributed by atoms with Gasteiger partial charge in [0.15, 0.2) is 0 Å². The van der Waals surface area contributed by atoms with E-state index in [1.807, 2.05) is 13.8 Å². The lowest BCUT2D eigenvalue weighted by Crippen LogP contribution is -2.41. The van der Waals surface area contributed by atoms with Crippen molar-refractivity contribution in [3.05, 3.63) is 11.4 Å². The number of nitrogens with one attached hydrogen (secondary N) is 1. The highest BCUT2D eigenvalue weighted by Crippen LogP contribution is 2.16. The molecule has 0 aromatic carbocycles. The molecule has 1 fully saturated rings. The van der Waals surface area contributed by atoms with Crippen LogP contribution in [-0.2, 0) is 11.3 Å². The second-order valence-electron chi connectivity index (χ2n) is 5.47. The Bertz CT molecular complexity index is 482. The van der Waals surface area contributed by atoms with E-state index in [9.17, 15) is 4.79 Å². The molecule has 0 saturated carbocycles. The van der Waals surface area contributed by atoms with E-state index in [1.165, 1.54) is 12.8 Å². The van der Waals surface area contributed by atoms with Crippen molar-refractivity contribution in [2.75, 3.05) is 25.4 Å². The highest BCUT2D eigenvalue weighted by Gasteiger charge is 2.23. The van der Waals surface area contributed by atoms with Crippen molar-refractivity contribution >= 4 is 11.6 Å². The van der Waals surface area contributed by atoms with Gasteiger partial charge in [-0.1, -0.05) is 6.92 Å². The highest BCUT2D eigenvalue weighted by atomic mass is 16.2. The van der Waals surface area contributed by atoms with Crippen molar-refractivity contribution in [1.29, 1.82) is 0 Å². The molecule has 1 amide bonds. The Morgan fingerprint density at radius 3 is 2.85 bits per heavy atom. The number of nitrogen functional groups attached to an aromatic ring is 1. The predicted octanol–water partition coefficient (Wildman–Crippen LogP) is 0.683. The second-order valence-corrected chi connectivity index (χ2v) is 5.47. The fourth-order valence-corrected chi connectivity index (χ4v) is 2.83. The lowest BCUT2D eigenvalue weighted by molar-refractivity contribution is -0.122. The van der Waals surface area contributed by atoms with Crippen LogP contribution in [0.2, 0.25) is 0 Å². The van der Waals surface area contributed by atoms with E-state index >= 15 is 0 Å². The maximum atomic E-state index is 12.0. The van der Waals surface area contributed by atoms with Crippen LogP contribution in [0.25, 0.3) is 0 Å². The number of likely N-dealkylation sites (tertiary alicyclic amines) is 1. The fraction of sp³-hybridized carbons (Fsp3) is 0.714. The molecule has 2 rings (SSSR count). The maximum Gasteiger partial charge on any atom is 0.241 e. The summed E-state index contributed by atoms with van der Waals surface area (Å²) >= 11 is 0. The Balaban J connectivity index is 1.85. The smallest absolute Gasteiger partial charge is 0.241 e. The summed E-state index contributed by atoms with van der Waals surface area (Å²) in [5.41, 5.74) is 8.17. The largest absolute Gasteiger partial charge is 0.396 e. The average molecular weight is 279 g/mol. The molecule has 3 N–H and O–H groups in total. The molecule has 6 heteroatoms. The van der Waals surface area contributed by atoms with Crippen molar-refractivity contribution in [3.63, 3.8) is 0 Å². The van der Waals surface area contributed by atoms with E-state index in [2.05, 4.69) is 22.2 Å². The molecule has 1 saturated heterocycles. The number of likely N-dealkylation sites (N-methyl/N-ethyl adjacent to an activating group) is 1. The lowest BCUT2D eigenvalue weighted by Gasteiger charge is -2.22. The number of carbonyl (C=O) groups excluding carboxylic acids is 1. The van der Waals surface area contributed by atoms with Crippen LogP contribution in [0.3, 0.4) is 0 Å². The standard InChI is InChI=1S/C14H25N5O/c1-4-18-7-5-6-12(18)8-16-13(20)9-19-11(3)14(15)10(2)17-19/h12H,4-9,15H2,1-3H3,(H,16,20). The zero-order valence-corrected chi connectivity index (χ0v) is 12.6. The van der Waals surface area contributed by atoms with Crippen LogP contribution in [0.4, 0.5) is 5.69 Å². The summed E-state index contributed by atoms with van der Waals surface area (Å²) < 4.78 is 1.67. The number of hydrogen-bond acceptors (Lipinski definition) is 4. The number of nitrogens with zero attached hydrogens (tertiary/aromatic N) is 3. The van der Waals surface area contributed by atoms with Gasteiger partial charge in [-0.2, -0.15) is 5.10 Å². The van der Waals surface area contributed by atoms with Crippen molar-refractivity contribution in [3.8, 4) is 0 Å². The highest BCUT2D eigenvalue weighted by molar-refractivity contribution is 5.76. The van der Waals surface area contributed by atoms with Gasteiger partial charge in [0.2, 0.25) is 5.91 Å². The van der Waals surface area contributed by atoms with Gasteiger partial charge in [0.25, 0.3) is 0 Å². The normalized spacial score (nSPS) is 19.4. The number of aryl methyl sites for hydroxylation is 1. The molecule has 0 spiro atoms. The van der Waals surface area contributed by atoms with Gasteiger partial charge in [0.1, 0.15) is 6.54 Å². The van der Waals surface area contributed by atoms with Gasteiger partial charge in [-0.25, -0.2) is 0 Å². The van der Waals surface area contributed by atoms with Crippen molar-refractivity contribution in [2.45, 2.75) is 46.2 Å². The average Bonchev–Trinajstić information content (AvgIpc) is 2.97. The third-order valence-corrected chi connectivity index (χ3v) is 4.17. The molecule has 1 aromatic rings. The molecule has 1 atom stereocenters. The zero-order chi connectivity index (χ0) is 14.7. The summed E-state index contributed by atoms with van der Waals surface area (Å²) in [6.07, 6.45) is 2.39. The molecule has 2 heterocycles. The second kappa shape index (κ2) is 6.26. The van der Waals surface area contributed by atoms with E-state index in [-0.39, 0.29) is 12.5 Å². The Labute approximate surface area is 120 Å². The minimum Gasteiger partial charge on any atom is -0.396 e. The molecule has 20 heavy (non-hydrogen) atoms. The van der Waals surface area contributed by atoms with Crippen LogP contribution in [0.15, 0.2) is 0 Å². The number of nitrogens with two attached hydrogens (primary N) is 1. The SMILES string of the molecule is CCN1CCCC1CNC(=O)Cn1nc(C)c(N)c1C. The molecule has 6 nitrogen and oxygen atoms in total. The number of anilines is 1. The summed E-state index contributed by atoms with van der Waals surface area (Å²) in [4.78, 5) is 14.4. The fourth-order valence-electron chi connectivity index (χ4n) is 2.83. The van der Waals surface area contributed by atoms with Crippen molar-refractivity contribution in [1.82, 2.24) is 20.0 Å². The number of aromatic nitrogens is 2. The van der Waals surface area contributed by atoms with Crippen LogP contribution in [-0.4, -0.2) is 46.3 Å². The van der Waals surface area contributed by atoms with Crippen LogP contribution >= 0.6 is 0 Å². The minimum atomic E-state index is -0.00134. The van der Waals surface area contributed by atoms with Crippen LogP contribution in [0, 0.1) is 13.8 Å². The Morgan fingerprint density at radius 2 is 2.25 bits per heavy atom. The van der Waals surface area contributed by atoms with Crippen LogP contribution in [0.1, 0.15) is 31.2 Å². The van der Waals surface area contributed by atoms with Gasteiger partial charge in [0.05, 0.1) is 17.1 Å². The van der Waals surface area contributed by atoms with Gasteiger partial charge in [-0.05, 0) is 39.8 Å². The summed E-state index contributed by atoms with van der Waals surface area (Å²) in [6, 6.07) is 0.481. The predicted molar refractivity (Wildman–Crippen MR) is 79.4 cm³/mol. The number of rotatable bonds is 5. The molecule has 1 unspecified atom stereocenters. The molecule has 1 aromatic heterocycles. The van der Waals surface area contributed by atoms with Gasteiger partial charge in [0, 0.05) is 12.6 Å². The minimum absolute atomic E-state index is 0.00134. The van der Waals surface area contributed by atoms with Gasteiger partial charge < -0.3 is 11.1 Å². The number of carbonyl (C=O) groups is 1. The topological polar surface area (TPSA) is 76.2 Å². The van der Waals surface area contributed by atoms with E-state index < -0.39 is 0 Å². The zero-order valence-electron chi connectivity index (χ0n) is 12.6. The molecule has 0 bridgehead atoms. The Morgan fingerprint density at radius 1 is 1.50 bits per heavy atom. The third kappa shape index (κ3) is 3.12. The summed E-state index contributed by atoms with van der Waals surface area (Å²) in [5.74, 6) is -0.00134. The van der Waals surface area contributed by atoms with Crippen LogP contribution < -0.4 is 11.1 Å². The van der Waals surface area contributed by atoms with E-state index in [1.54, 1.807) is 4.68 Å². The van der Waals surface area contributed by atoms with Gasteiger partial charge in [-0.15, -0.1) is 0 Å². The monoisotopic (exact) mass is 279 g/mol. The molecular formula is C14H25N5O. The van der Waals surface area contributed by atoms with Gasteiger partial charge in [-0.3, -0.25) is 14.4 Å². The third-order valence-electron chi connectivity index (χ3n) is 4.17. The first-order valence-electron chi connectivity index (χ1n) is 7.33. The number of amides is 1. The first kappa shape index (κ1) is 14.8. The molecule has 0 radical (unpaired) electrons. The molecule has 1 aliphatic heterocycles. The van der Waals surface area contributed by atoms with Crippen molar-refractivity contribution < 1.29 is 4.79 Å². The molecular weight excluding hydrogens is 254 g/mol. The molecule has 112 valence electrons. The van der Waals surface area contributed by atoms with E-state index in [0.717, 1.165) is 31.0 Å². The quantitative estimate of drug-likeness (QED) is 0.831. The van der Waals surface area contributed by atoms with Gasteiger partial charge >= 0.3 is 0 Å².